The van der Waals surface area contributed by atoms with Crippen LogP contribution in [0.4, 0.5) is 5.69 Å². The largest absolute Gasteiger partial charge is 0.417 e. The molecule has 4 nitrogen and oxygen atoms in total. The third kappa shape index (κ3) is 2.53. The molecule has 3 rings (SSSR count). The zero-order valence-electron chi connectivity index (χ0n) is 10.2. The number of aromatic amines is 1. The molecule has 6 heteroatoms. The number of anilines is 1. The van der Waals surface area contributed by atoms with E-state index in [1.807, 2.05) is 6.07 Å². The molecule has 0 aliphatic heterocycles. The highest BCUT2D eigenvalue weighted by Gasteiger charge is 2.06. The van der Waals surface area contributed by atoms with Crippen LogP contribution in [0, 0.1) is 0 Å². The predicted octanol–water partition coefficient (Wildman–Crippen LogP) is 4.04. The molecule has 0 fully saturated rings. The molecule has 1 heterocycles. The average Bonchev–Trinajstić information content (AvgIpc) is 2.77. The zero-order chi connectivity index (χ0) is 14.1. The molecule has 0 saturated heterocycles. The summed E-state index contributed by atoms with van der Waals surface area (Å²) in [6.07, 6.45) is 0. The molecular weight excluding hydrogens is 299 g/mol. The van der Waals surface area contributed by atoms with Crippen LogP contribution < -0.4 is 11.1 Å². The molecule has 102 valence electrons. The van der Waals surface area contributed by atoms with E-state index in [0.717, 1.165) is 11.3 Å². The molecule has 2 N–H and O–H groups in total. The lowest BCUT2D eigenvalue weighted by Crippen LogP contribution is -2.00. The maximum absolute atomic E-state index is 11.1. The van der Waals surface area contributed by atoms with Crippen LogP contribution >= 0.6 is 23.2 Å². The van der Waals surface area contributed by atoms with Crippen LogP contribution in [0.2, 0.25) is 10.0 Å². The molecule has 0 atom stereocenters. The van der Waals surface area contributed by atoms with Gasteiger partial charge in [0.05, 0.1) is 5.52 Å². The smallest absolute Gasteiger partial charge is 0.408 e. The third-order valence-corrected chi connectivity index (χ3v) is 3.66. The van der Waals surface area contributed by atoms with Gasteiger partial charge in [0, 0.05) is 27.8 Å². The van der Waals surface area contributed by atoms with E-state index in [2.05, 4.69) is 10.3 Å². The Morgan fingerprint density at radius 1 is 1.15 bits per heavy atom. The van der Waals surface area contributed by atoms with Crippen LogP contribution in [-0.4, -0.2) is 4.98 Å². The first-order chi connectivity index (χ1) is 9.63. The number of hydrogen-bond acceptors (Lipinski definition) is 3. The fraction of sp³-hybridized carbons (Fsp3) is 0.0714. The lowest BCUT2D eigenvalue weighted by Gasteiger charge is -2.09. The molecule has 0 aliphatic carbocycles. The van der Waals surface area contributed by atoms with Gasteiger partial charge in [-0.2, -0.15) is 0 Å². The standard InChI is InChI=1S/C14H10Cl2N2O2/c15-10-2-1-3-11(16)9(10)7-17-8-4-5-13-12(6-8)18-14(19)20-13/h1-6,17H,7H2,(H,18,19). The van der Waals surface area contributed by atoms with Crippen molar-refractivity contribution in [1.29, 1.82) is 0 Å². The van der Waals surface area contributed by atoms with E-state index in [0.29, 0.717) is 27.7 Å². The first-order valence-corrected chi connectivity index (χ1v) is 6.69. The van der Waals surface area contributed by atoms with Crippen LogP contribution in [0.5, 0.6) is 0 Å². The highest BCUT2D eigenvalue weighted by Crippen LogP contribution is 2.25. The summed E-state index contributed by atoms with van der Waals surface area (Å²) in [6, 6.07) is 10.7. The Kier molecular flexibility index (Phi) is 3.42. The number of nitrogens with one attached hydrogen (secondary N) is 2. The summed E-state index contributed by atoms with van der Waals surface area (Å²) in [5.74, 6) is -0.466. The van der Waals surface area contributed by atoms with E-state index >= 15 is 0 Å². The van der Waals surface area contributed by atoms with Crippen molar-refractivity contribution < 1.29 is 4.42 Å². The highest BCUT2D eigenvalue weighted by molar-refractivity contribution is 6.36. The molecular formula is C14H10Cl2N2O2. The first-order valence-electron chi connectivity index (χ1n) is 5.93. The fourth-order valence-electron chi connectivity index (χ4n) is 1.95. The molecule has 0 radical (unpaired) electrons. The minimum atomic E-state index is -0.466. The van der Waals surface area contributed by atoms with Crippen molar-refractivity contribution in [3.05, 3.63) is 62.6 Å². The maximum atomic E-state index is 11.1. The van der Waals surface area contributed by atoms with E-state index in [1.54, 1.807) is 30.3 Å². The summed E-state index contributed by atoms with van der Waals surface area (Å²) < 4.78 is 4.94. The first kappa shape index (κ1) is 13.1. The van der Waals surface area contributed by atoms with Crippen LogP contribution in [0.25, 0.3) is 11.1 Å². The van der Waals surface area contributed by atoms with Crippen molar-refractivity contribution in [2.45, 2.75) is 6.54 Å². The summed E-state index contributed by atoms with van der Waals surface area (Å²) in [5, 5.41) is 4.44. The normalized spacial score (nSPS) is 10.9. The second-order valence-electron chi connectivity index (χ2n) is 4.28. The van der Waals surface area contributed by atoms with Gasteiger partial charge in [0.1, 0.15) is 0 Å². The van der Waals surface area contributed by atoms with E-state index in [9.17, 15) is 4.79 Å². The van der Waals surface area contributed by atoms with Crippen LogP contribution in [0.1, 0.15) is 5.56 Å². The molecule has 20 heavy (non-hydrogen) atoms. The van der Waals surface area contributed by atoms with Gasteiger partial charge in [-0.15, -0.1) is 0 Å². The topological polar surface area (TPSA) is 58.0 Å². The van der Waals surface area contributed by atoms with Gasteiger partial charge in [-0.3, -0.25) is 4.98 Å². The van der Waals surface area contributed by atoms with E-state index < -0.39 is 5.76 Å². The minimum absolute atomic E-state index is 0.466. The van der Waals surface area contributed by atoms with E-state index in [1.165, 1.54) is 0 Å². The SMILES string of the molecule is O=c1[nH]c2cc(NCc3c(Cl)cccc3Cl)ccc2o1. The van der Waals surface area contributed by atoms with Gasteiger partial charge in [0.25, 0.3) is 0 Å². The monoisotopic (exact) mass is 308 g/mol. The fourth-order valence-corrected chi connectivity index (χ4v) is 2.48. The highest BCUT2D eigenvalue weighted by atomic mass is 35.5. The number of aromatic nitrogens is 1. The number of hydrogen-bond donors (Lipinski definition) is 2. The summed E-state index contributed by atoms with van der Waals surface area (Å²) in [4.78, 5) is 13.7. The van der Waals surface area contributed by atoms with Crippen molar-refractivity contribution in [2.75, 3.05) is 5.32 Å². The van der Waals surface area contributed by atoms with Crippen molar-refractivity contribution in [3.8, 4) is 0 Å². The van der Waals surface area contributed by atoms with Gasteiger partial charge < -0.3 is 9.73 Å². The van der Waals surface area contributed by atoms with Gasteiger partial charge >= 0.3 is 5.76 Å². The van der Waals surface area contributed by atoms with Gasteiger partial charge in [-0.05, 0) is 30.3 Å². The van der Waals surface area contributed by atoms with Crippen LogP contribution in [0.15, 0.2) is 45.6 Å². The Morgan fingerprint density at radius 3 is 2.65 bits per heavy atom. The Bertz CT molecular complexity index is 803. The van der Waals surface area contributed by atoms with Gasteiger partial charge in [0.2, 0.25) is 0 Å². The van der Waals surface area contributed by atoms with Crippen molar-refractivity contribution in [1.82, 2.24) is 4.98 Å². The molecule has 0 amide bonds. The molecule has 2 aromatic carbocycles. The summed E-state index contributed by atoms with van der Waals surface area (Å²) in [7, 11) is 0. The molecule has 0 aliphatic rings. The summed E-state index contributed by atoms with van der Waals surface area (Å²) in [5.41, 5.74) is 2.84. The Balaban J connectivity index is 1.84. The van der Waals surface area contributed by atoms with Gasteiger partial charge in [-0.1, -0.05) is 29.3 Å². The number of rotatable bonds is 3. The Morgan fingerprint density at radius 2 is 1.90 bits per heavy atom. The second-order valence-corrected chi connectivity index (χ2v) is 5.09. The summed E-state index contributed by atoms with van der Waals surface area (Å²) in [6.45, 7) is 0.492. The molecule has 0 bridgehead atoms. The second kappa shape index (κ2) is 5.23. The Labute approximate surface area is 124 Å². The molecule has 0 unspecified atom stereocenters. The quantitative estimate of drug-likeness (QED) is 0.767. The molecule has 1 aromatic heterocycles. The van der Waals surface area contributed by atoms with Gasteiger partial charge in [0.15, 0.2) is 5.58 Å². The molecule has 3 aromatic rings. The zero-order valence-corrected chi connectivity index (χ0v) is 11.8. The van der Waals surface area contributed by atoms with Crippen molar-refractivity contribution >= 4 is 40.0 Å². The Hall–Kier alpha value is -1.91. The van der Waals surface area contributed by atoms with E-state index in [4.69, 9.17) is 27.6 Å². The van der Waals surface area contributed by atoms with Crippen molar-refractivity contribution in [3.63, 3.8) is 0 Å². The third-order valence-electron chi connectivity index (χ3n) is 2.95. The maximum Gasteiger partial charge on any atom is 0.417 e. The minimum Gasteiger partial charge on any atom is -0.408 e. The molecule has 0 spiro atoms. The number of benzene rings is 2. The van der Waals surface area contributed by atoms with Crippen molar-refractivity contribution in [2.24, 2.45) is 0 Å². The predicted molar refractivity (Wildman–Crippen MR) is 80.6 cm³/mol. The van der Waals surface area contributed by atoms with E-state index in [-0.39, 0.29) is 0 Å². The van der Waals surface area contributed by atoms with Crippen LogP contribution in [0.3, 0.4) is 0 Å². The number of oxazole rings is 1. The summed E-state index contributed by atoms with van der Waals surface area (Å²) >= 11 is 12.2. The lowest BCUT2D eigenvalue weighted by atomic mass is 10.2. The number of H-pyrrole nitrogens is 1. The average molecular weight is 309 g/mol. The van der Waals surface area contributed by atoms with Gasteiger partial charge in [-0.25, -0.2) is 4.79 Å². The number of fused-ring (bicyclic) bond motifs is 1. The lowest BCUT2D eigenvalue weighted by molar-refractivity contribution is 0.555. The van der Waals surface area contributed by atoms with Crippen LogP contribution in [-0.2, 0) is 6.54 Å². The molecule has 0 saturated carbocycles. The number of halogens is 2.